The summed E-state index contributed by atoms with van der Waals surface area (Å²) in [5.74, 6) is 1.08. The minimum absolute atomic E-state index is 0.0526. The molecular weight excluding hydrogens is 637 g/mol. The summed E-state index contributed by atoms with van der Waals surface area (Å²) >= 11 is 1.51. The van der Waals surface area contributed by atoms with E-state index in [9.17, 15) is 24.5 Å². The molecule has 4 saturated carbocycles. The van der Waals surface area contributed by atoms with Crippen molar-refractivity contribution in [2.75, 3.05) is 4.90 Å². The van der Waals surface area contributed by atoms with Crippen LogP contribution in [0.5, 0.6) is 0 Å². The normalized spacial score (nSPS) is 25.3. The number of barbiturate groups is 1. The fourth-order valence-corrected chi connectivity index (χ4v) is 10.1. The number of benzene rings is 3. The van der Waals surface area contributed by atoms with Crippen LogP contribution in [0.3, 0.4) is 0 Å². The number of nitrogens with zero attached hydrogens (tertiary/aromatic N) is 3. The molecule has 4 amide bonds. The Hall–Kier alpha value is -4.96. The molecule has 4 bridgehead atoms. The van der Waals surface area contributed by atoms with Crippen LogP contribution in [-0.4, -0.2) is 27.3 Å². The summed E-state index contributed by atoms with van der Waals surface area (Å²) in [7, 11) is 0. The van der Waals surface area contributed by atoms with Gasteiger partial charge in [-0.1, -0.05) is 23.9 Å². The molecule has 1 saturated heterocycles. The van der Waals surface area contributed by atoms with Gasteiger partial charge in [0.1, 0.15) is 5.57 Å². The van der Waals surface area contributed by atoms with Crippen LogP contribution in [0.2, 0.25) is 0 Å². The molecule has 9 rings (SSSR count). The summed E-state index contributed by atoms with van der Waals surface area (Å²) in [4.78, 5) is 53.3. The molecule has 10 heteroatoms. The second-order valence-electron chi connectivity index (χ2n) is 14.2. The number of rotatable bonds is 7. The maximum Gasteiger partial charge on any atom is 0.335 e. The molecule has 3 aromatic carbocycles. The van der Waals surface area contributed by atoms with Crippen LogP contribution in [0.25, 0.3) is 11.8 Å². The van der Waals surface area contributed by atoms with Crippen molar-refractivity contribution in [3.63, 3.8) is 0 Å². The van der Waals surface area contributed by atoms with Crippen LogP contribution in [0, 0.1) is 41.7 Å². The van der Waals surface area contributed by atoms with Gasteiger partial charge in [-0.3, -0.25) is 25.0 Å². The molecular formula is C39H36N4O5S. The molecule has 0 atom stereocenters. The quantitative estimate of drug-likeness (QED) is 0.0915. The van der Waals surface area contributed by atoms with Gasteiger partial charge < -0.3 is 4.57 Å². The standard InChI is InChI=1S/C39H36N4O5S/c1-23-15-28(24(2)41(23)30-7-11-33(12-8-30)49-34-13-9-32(10-14-34)43(47)48)19-35-36(44)40-38(46)42(37(35)45)31-5-3-29(4-6-31)39-20-25-16-26(21-39)18-27(17-25)22-39/h3-15,19,25-27H,16-18,20-22H2,1-2H3,(H,40,44,46)/b35-19+. The average molecular weight is 673 g/mol. The predicted molar refractivity (Wildman–Crippen MR) is 188 cm³/mol. The molecule has 4 aliphatic carbocycles. The summed E-state index contributed by atoms with van der Waals surface area (Å²) in [6.45, 7) is 3.88. The van der Waals surface area contributed by atoms with Gasteiger partial charge in [-0.25, -0.2) is 9.69 Å². The van der Waals surface area contributed by atoms with Gasteiger partial charge in [0.25, 0.3) is 17.5 Å². The van der Waals surface area contributed by atoms with Gasteiger partial charge in [0.2, 0.25) is 0 Å². The molecule has 0 spiro atoms. The first-order chi connectivity index (χ1) is 23.6. The van der Waals surface area contributed by atoms with E-state index in [-0.39, 0.29) is 16.7 Å². The molecule has 5 fully saturated rings. The Morgan fingerprint density at radius 3 is 1.94 bits per heavy atom. The fraction of sp³-hybridized carbons (Fsp3) is 0.308. The minimum Gasteiger partial charge on any atom is -0.318 e. The minimum atomic E-state index is -0.744. The highest BCUT2D eigenvalue weighted by molar-refractivity contribution is 7.99. The Balaban J connectivity index is 1.02. The van der Waals surface area contributed by atoms with Crippen molar-refractivity contribution in [3.8, 4) is 5.69 Å². The lowest BCUT2D eigenvalue weighted by molar-refractivity contribution is -0.384. The zero-order valence-corrected chi connectivity index (χ0v) is 28.2. The van der Waals surface area contributed by atoms with Crippen molar-refractivity contribution in [1.82, 2.24) is 9.88 Å². The van der Waals surface area contributed by atoms with E-state index in [4.69, 9.17) is 0 Å². The summed E-state index contributed by atoms with van der Waals surface area (Å²) in [6, 6.07) is 23.4. The van der Waals surface area contributed by atoms with Crippen molar-refractivity contribution >= 4 is 47.1 Å². The van der Waals surface area contributed by atoms with Crippen molar-refractivity contribution in [2.24, 2.45) is 17.8 Å². The first kappa shape index (κ1) is 31.3. The Labute approximate surface area is 288 Å². The van der Waals surface area contributed by atoms with E-state index in [2.05, 4.69) is 17.4 Å². The van der Waals surface area contributed by atoms with Crippen LogP contribution < -0.4 is 10.2 Å². The number of nitrogens with one attached hydrogen (secondary N) is 1. The number of nitro benzene ring substituents is 1. The van der Waals surface area contributed by atoms with Crippen LogP contribution in [0.15, 0.2) is 94.2 Å². The van der Waals surface area contributed by atoms with E-state index in [1.807, 2.05) is 60.9 Å². The molecule has 4 aromatic rings. The van der Waals surface area contributed by atoms with Gasteiger partial charge in [-0.05, 0) is 147 Å². The van der Waals surface area contributed by atoms with E-state index in [1.165, 1.54) is 68.0 Å². The number of hydrogen-bond acceptors (Lipinski definition) is 6. The topological polar surface area (TPSA) is 115 Å². The third-order valence-corrected chi connectivity index (χ3v) is 12.0. The maximum absolute atomic E-state index is 13.8. The van der Waals surface area contributed by atoms with Crippen molar-refractivity contribution in [2.45, 2.75) is 67.6 Å². The van der Waals surface area contributed by atoms with E-state index in [1.54, 1.807) is 18.2 Å². The first-order valence-electron chi connectivity index (χ1n) is 16.8. The highest BCUT2D eigenvalue weighted by Gasteiger charge is 2.51. The number of anilines is 1. The lowest BCUT2D eigenvalue weighted by Crippen LogP contribution is -2.54. The lowest BCUT2D eigenvalue weighted by Gasteiger charge is -2.57. The largest absolute Gasteiger partial charge is 0.335 e. The summed E-state index contributed by atoms with van der Waals surface area (Å²) in [6.07, 6.45) is 9.35. The molecule has 9 nitrogen and oxygen atoms in total. The van der Waals surface area contributed by atoms with Gasteiger partial charge >= 0.3 is 6.03 Å². The zero-order valence-electron chi connectivity index (χ0n) is 27.3. The summed E-state index contributed by atoms with van der Waals surface area (Å²) in [5, 5.41) is 13.3. The predicted octanol–water partition coefficient (Wildman–Crippen LogP) is 8.29. The number of hydrogen-bond donors (Lipinski definition) is 1. The summed E-state index contributed by atoms with van der Waals surface area (Å²) < 4.78 is 2.05. The Bertz CT molecular complexity index is 2010. The number of urea groups is 1. The number of aryl methyl sites for hydroxylation is 1. The highest BCUT2D eigenvalue weighted by atomic mass is 32.2. The SMILES string of the molecule is Cc1cc(/C=C2\C(=O)NC(=O)N(c3ccc(C45CC6CC(CC(C6)C4)C5)cc3)C2=O)c(C)n1-c1ccc(Sc2ccc([N+](=O)[O-])cc2)cc1. The van der Waals surface area contributed by atoms with Gasteiger partial charge in [-0.2, -0.15) is 0 Å². The molecule has 49 heavy (non-hydrogen) atoms. The molecule has 1 N–H and O–H groups in total. The van der Waals surface area contributed by atoms with Crippen LogP contribution in [-0.2, 0) is 15.0 Å². The lowest BCUT2D eigenvalue weighted by atomic mass is 9.48. The number of aromatic nitrogens is 1. The highest BCUT2D eigenvalue weighted by Crippen LogP contribution is 2.60. The number of imide groups is 2. The number of non-ortho nitro benzene ring substituents is 1. The third kappa shape index (κ3) is 5.57. The zero-order chi connectivity index (χ0) is 34.0. The van der Waals surface area contributed by atoms with Crippen LogP contribution >= 0.6 is 11.8 Å². The average Bonchev–Trinajstić information content (AvgIpc) is 3.35. The number of carbonyl (C=O) groups is 3. The molecule has 2 heterocycles. The van der Waals surface area contributed by atoms with Crippen LogP contribution in [0.1, 0.15) is 61.0 Å². The molecule has 0 unspecified atom stereocenters. The first-order valence-corrected chi connectivity index (χ1v) is 17.6. The second-order valence-corrected chi connectivity index (χ2v) is 15.4. The van der Waals surface area contributed by atoms with Crippen molar-refractivity contribution in [1.29, 1.82) is 0 Å². The second kappa shape index (κ2) is 11.9. The van der Waals surface area contributed by atoms with Crippen molar-refractivity contribution in [3.05, 3.63) is 117 Å². The smallest absolute Gasteiger partial charge is 0.318 e. The molecule has 0 radical (unpaired) electrons. The number of amides is 4. The van der Waals surface area contributed by atoms with E-state index in [0.717, 1.165) is 49.5 Å². The fourth-order valence-electron chi connectivity index (χ4n) is 9.24. The van der Waals surface area contributed by atoms with Gasteiger partial charge in [0.05, 0.1) is 10.6 Å². The number of carbonyl (C=O) groups excluding carboxylic acids is 3. The Morgan fingerprint density at radius 1 is 0.816 bits per heavy atom. The molecule has 1 aromatic heterocycles. The molecule has 248 valence electrons. The number of nitro groups is 1. The van der Waals surface area contributed by atoms with E-state index >= 15 is 0 Å². The van der Waals surface area contributed by atoms with Gasteiger partial charge in [0.15, 0.2) is 0 Å². The van der Waals surface area contributed by atoms with Gasteiger partial charge in [0, 0.05) is 39.0 Å². The van der Waals surface area contributed by atoms with E-state index < -0.39 is 22.8 Å². The summed E-state index contributed by atoms with van der Waals surface area (Å²) in [5.41, 5.74) is 5.27. The maximum atomic E-state index is 13.8. The Kier molecular flexibility index (Phi) is 7.59. The van der Waals surface area contributed by atoms with Gasteiger partial charge in [-0.15, -0.1) is 0 Å². The van der Waals surface area contributed by atoms with Crippen molar-refractivity contribution < 1.29 is 19.3 Å². The molecule has 5 aliphatic rings. The Morgan fingerprint density at radius 2 is 1.37 bits per heavy atom. The monoisotopic (exact) mass is 672 g/mol. The molecule has 1 aliphatic heterocycles. The van der Waals surface area contributed by atoms with E-state index in [0.29, 0.717) is 11.3 Å². The third-order valence-electron chi connectivity index (χ3n) is 11.0. The van der Waals surface area contributed by atoms with Crippen LogP contribution in [0.4, 0.5) is 16.2 Å².